The van der Waals surface area contributed by atoms with E-state index in [2.05, 4.69) is 0 Å². The summed E-state index contributed by atoms with van der Waals surface area (Å²) in [6, 6.07) is 9.45. The van der Waals surface area contributed by atoms with Crippen molar-refractivity contribution in [3.63, 3.8) is 0 Å². The van der Waals surface area contributed by atoms with Crippen molar-refractivity contribution in [2.45, 2.75) is 20.3 Å². The van der Waals surface area contributed by atoms with Crippen LogP contribution in [0, 0.1) is 13.8 Å². The lowest BCUT2D eigenvalue weighted by atomic mass is 9.93. The molecule has 1 heterocycles. The van der Waals surface area contributed by atoms with E-state index < -0.39 is 0 Å². The van der Waals surface area contributed by atoms with Crippen molar-refractivity contribution in [1.82, 2.24) is 0 Å². The highest BCUT2D eigenvalue weighted by atomic mass is 35.5. The molecule has 2 nitrogen and oxygen atoms in total. The number of rotatable bonds is 2. The molecule has 0 saturated carbocycles. The summed E-state index contributed by atoms with van der Waals surface area (Å²) >= 11 is 6.13. The zero-order valence-electron chi connectivity index (χ0n) is 11.5. The van der Waals surface area contributed by atoms with Gasteiger partial charge >= 0.3 is 0 Å². The van der Waals surface area contributed by atoms with E-state index in [-0.39, 0.29) is 5.78 Å². The van der Waals surface area contributed by atoms with Crippen molar-refractivity contribution in [3.05, 3.63) is 63.2 Å². The van der Waals surface area contributed by atoms with Crippen LogP contribution in [-0.2, 0) is 6.42 Å². The van der Waals surface area contributed by atoms with Gasteiger partial charge in [-0.3, -0.25) is 4.79 Å². The van der Waals surface area contributed by atoms with E-state index in [0.29, 0.717) is 22.9 Å². The summed E-state index contributed by atoms with van der Waals surface area (Å²) in [4.78, 5) is 12.9. The molecule has 0 aliphatic carbocycles. The molecule has 0 aromatic heterocycles. The number of hydrogen-bond acceptors (Lipinski definition) is 2. The molecule has 2 aromatic rings. The topological polar surface area (TPSA) is 26.3 Å². The number of ether oxygens (including phenoxy) is 1. The minimum absolute atomic E-state index is 0.0127. The molecule has 102 valence electrons. The number of carbonyl (C=O) groups excluding carboxylic acids is 1. The Morgan fingerprint density at radius 1 is 1.20 bits per heavy atom. The van der Waals surface area contributed by atoms with Crippen LogP contribution in [0.5, 0.6) is 5.75 Å². The molecule has 20 heavy (non-hydrogen) atoms. The molecule has 2 aromatic carbocycles. The summed E-state index contributed by atoms with van der Waals surface area (Å²) in [5, 5.41) is 0.587. The maximum atomic E-state index is 12.9. The van der Waals surface area contributed by atoms with Gasteiger partial charge in [0.2, 0.25) is 0 Å². The third kappa shape index (κ3) is 2.10. The van der Waals surface area contributed by atoms with Gasteiger partial charge in [-0.1, -0.05) is 29.8 Å². The largest absolute Gasteiger partial charge is 0.492 e. The smallest absolute Gasteiger partial charge is 0.197 e. The molecule has 1 aliphatic rings. The Balaban J connectivity index is 2.17. The van der Waals surface area contributed by atoms with Gasteiger partial charge in [-0.05, 0) is 42.7 Å². The number of hydrogen-bond donors (Lipinski definition) is 0. The molecule has 0 unspecified atom stereocenters. The van der Waals surface area contributed by atoms with E-state index in [0.717, 1.165) is 28.7 Å². The SMILES string of the molecule is Cc1cccc(C)c1C(=O)c1cc(Cl)cc2c1OCC2. The van der Waals surface area contributed by atoms with Crippen LogP contribution >= 0.6 is 11.6 Å². The summed E-state index contributed by atoms with van der Waals surface area (Å²) in [5.41, 5.74) is 4.28. The molecule has 3 rings (SSSR count). The molecule has 0 radical (unpaired) electrons. The fraction of sp³-hybridized carbons (Fsp3) is 0.235. The number of fused-ring (bicyclic) bond motifs is 1. The van der Waals surface area contributed by atoms with Gasteiger partial charge in [0.05, 0.1) is 12.2 Å². The van der Waals surface area contributed by atoms with Crippen LogP contribution in [0.2, 0.25) is 5.02 Å². The predicted octanol–water partition coefficient (Wildman–Crippen LogP) is 4.12. The first-order valence-corrected chi connectivity index (χ1v) is 7.02. The first kappa shape index (κ1) is 13.2. The summed E-state index contributed by atoms with van der Waals surface area (Å²) < 4.78 is 5.63. The quantitative estimate of drug-likeness (QED) is 0.776. The van der Waals surface area contributed by atoms with Gasteiger partial charge in [-0.2, -0.15) is 0 Å². The predicted molar refractivity (Wildman–Crippen MR) is 80.0 cm³/mol. The van der Waals surface area contributed by atoms with Crippen LogP contribution in [0.15, 0.2) is 30.3 Å². The van der Waals surface area contributed by atoms with Crippen molar-refractivity contribution in [2.75, 3.05) is 6.61 Å². The van der Waals surface area contributed by atoms with E-state index in [1.807, 2.05) is 38.1 Å². The molecule has 0 fully saturated rings. The molecule has 0 N–H and O–H groups in total. The highest BCUT2D eigenvalue weighted by molar-refractivity contribution is 6.31. The summed E-state index contributed by atoms with van der Waals surface area (Å²) in [5.74, 6) is 0.684. The van der Waals surface area contributed by atoms with E-state index in [1.54, 1.807) is 6.07 Å². The molecule has 0 saturated heterocycles. The molecule has 3 heteroatoms. The molecule has 1 aliphatic heterocycles. The van der Waals surface area contributed by atoms with Crippen LogP contribution in [0.25, 0.3) is 0 Å². The molecule has 0 atom stereocenters. The minimum Gasteiger partial charge on any atom is -0.492 e. The van der Waals surface area contributed by atoms with Gasteiger partial charge in [0, 0.05) is 17.0 Å². The van der Waals surface area contributed by atoms with Gasteiger partial charge in [-0.25, -0.2) is 0 Å². The fourth-order valence-corrected chi connectivity index (χ4v) is 2.99. The lowest BCUT2D eigenvalue weighted by Crippen LogP contribution is -2.08. The van der Waals surface area contributed by atoms with Gasteiger partial charge in [0.25, 0.3) is 0 Å². The van der Waals surface area contributed by atoms with Crippen LogP contribution in [0.4, 0.5) is 0 Å². The van der Waals surface area contributed by atoms with Crippen molar-refractivity contribution >= 4 is 17.4 Å². The zero-order chi connectivity index (χ0) is 14.3. The van der Waals surface area contributed by atoms with Crippen molar-refractivity contribution in [1.29, 1.82) is 0 Å². The highest BCUT2D eigenvalue weighted by Gasteiger charge is 2.24. The summed E-state index contributed by atoms with van der Waals surface area (Å²) in [6.07, 6.45) is 0.808. The maximum absolute atomic E-state index is 12.9. The summed E-state index contributed by atoms with van der Waals surface area (Å²) in [7, 11) is 0. The fourth-order valence-electron chi connectivity index (χ4n) is 2.75. The lowest BCUT2D eigenvalue weighted by Gasteiger charge is -2.12. The van der Waals surface area contributed by atoms with Crippen LogP contribution in [0.3, 0.4) is 0 Å². The zero-order valence-corrected chi connectivity index (χ0v) is 12.3. The normalized spacial score (nSPS) is 12.9. The average molecular weight is 287 g/mol. The number of aryl methyl sites for hydroxylation is 2. The molecular weight excluding hydrogens is 272 g/mol. The van der Waals surface area contributed by atoms with Crippen molar-refractivity contribution < 1.29 is 9.53 Å². The summed E-state index contributed by atoms with van der Waals surface area (Å²) in [6.45, 7) is 4.51. The van der Waals surface area contributed by atoms with Gasteiger partial charge in [-0.15, -0.1) is 0 Å². The monoisotopic (exact) mass is 286 g/mol. The standard InChI is InChI=1S/C17H15ClO2/c1-10-4-3-5-11(2)15(10)16(19)14-9-13(18)8-12-6-7-20-17(12)14/h3-5,8-9H,6-7H2,1-2H3. The average Bonchev–Trinajstić information content (AvgIpc) is 2.85. The maximum Gasteiger partial charge on any atom is 0.197 e. The highest BCUT2D eigenvalue weighted by Crippen LogP contribution is 2.35. The molecular formula is C17H15ClO2. The Morgan fingerprint density at radius 3 is 2.60 bits per heavy atom. The Kier molecular flexibility index (Phi) is 3.27. The molecule has 0 spiro atoms. The Morgan fingerprint density at radius 2 is 1.90 bits per heavy atom. The third-order valence-corrected chi connectivity index (χ3v) is 3.92. The number of ketones is 1. The third-order valence-electron chi connectivity index (χ3n) is 3.70. The Bertz CT molecular complexity index is 684. The van der Waals surface area contributed by atoms with Gasteiger partial charge in [0.1, 0.15) is 5.75 Å². The van der Waals surface area contributed by atoms with Gasteiger partial charge in [0.15, 0.2) is 5.78 Å². The molecule has 0 bridgehead atoms. The second-order valence-electron chi connectivity index (χ2n) is 5.14. The second kappa shape index (κ2) is 4.95. The number of benzene rings is 2. The Hall–Kier alpha value is -1.80. The second-order valence-corrected chi connectivity index (χ2v) is 5.57. The van der Waals surface area contributed by atoms with Crippen LogP contribution < -0.4 is 4.74 Å². The first-order chi connectivity index (χ1) is 9.58. The van der Waals surface area contributed by atoms with Crippen LogP contribution in [0.1, 0.15) is 32.6 Å². The van der Waals surface area contributed by atoms with Crippen molar-refractivity contribution in [2.24, 2.45) is 0 Å². The van der Waals surface area contributed by atoms with E-state index >= 15 is 0 Å². The Labute approximate surface area is 123 Å². The van der Waals surface area contributed by atoms with E-state index in [9.17, 15) is 4.79 Å². The minimum atomic E-state index is -0.0127. The molecule has 0 amide bonds. The first-order valence-electron chi connectivity index (χ1n) is 6.64. The van der Waals surface area contributed by atoms with Gasteiger partial charge < -0.3 is 4.74 Å². The van der Waals surface area contributed by atoms with Crippen LogP contribution in [-0.4, -0.2) is 12.4 Å². The van der Waals surface area contributed by atoms with Crippen molar-refractivity contribution in [3.8, 4) is 5.75 Å². The lowest BCUT2D eigenvalue weighted by molar-refractivity contribution is 0.103. The van der Waals surface area contributed by atoms with E-state index in [1.165, 1.54) is 0 Å². The van der Waals surface area contributed by atoms with E-state index in [4.69, 9.17) is 16.3 Å². The number of halogens is 1. The number of carbonyl (C=O) groups is 1.